The van der Waals surface area contributed by atoms with Crippen LogP contribution in [0.4, 0.5) is 0 Å². The van der Waals surface area contributed by atoms with Gasteiger partial charge in [-0.1, -0.05) is 37.3 Å². The minimum Gasteiger partial charge on any atom is -0.459 e. The molecule has 21 heavy (non-hydrogen) atoms. The van der Waals surface area contributed by atoms with Crippen LogP contribution in [0.25, 0.3) is 11.7 Å². The van der Waals surface area contributed by atoms with Gasteiger partial charge in [0, 0.05) is 5.56 Å². The van der Waals surface area contributed by atoms with Crippen molar-refractivity contribution in [2.45, 2.75) is 19.9 Å². The average Bonchev–Trinajstić information content (AvgIpc) is 3.14. The van der Waals surface area contributed by atoms with Gasteiger partial charge in [-0.05, 0) is 25.1 Å². The molecule has 5 nitrogen and oxygen atoms in total. The van der Waals surface area contributed by atoms with Crippen LogP contribution < -0.4 is 5.32 Å². The second-order valence-electron chi connectivity index (χ2n) is 4.78. The third-order valence-corrected chi connectivity index (χ3v) is 3.29. The largest absolute Gasteiger partial charge is 0.459 e. The fourth-order valence-corrected chi connectivity index (χ4v) is 2.23. The summed E-state index contributed by atoms with van der Waals surface area (Å²) >= 11 is 0. The van der Waals surface area contributed by atoms with Crippen LogP contribution in [0, 0.1) is 6.92 Å². The van der Waals surface area contributed by atoms with Crippen LogP contribution in [-0.2, 0) is 0 Å². The summed E-state index contributed by atoms with van der Waals surface area (Å²) in [6, 6.07) is 11.8. The summed E-state index contributed by atoms with van der Waals surface area (Å²) in [7, 11) is 0. The Bertz CT molecular complexity index is 703. The van der Waals surface area contributed by atoms with Crippen molar-refractivity contribution < 1.29 is 8.83 Å². The number of hydrogen-bond donors (Lipinski definition) is 1. The van der Waals surface area contributed by atoms with Crippen molar-refractivity contribution in [2.75, 3.05) is 6.54 Å². The lowest BCUT2D eigenvalue weighted by molar-refractivity contribution is 0.433. The number of nitrogens with zero attached hydrogens (tertiary/aromatic N) is 2. The van der Waals surface area contributed by atoms with Crippen LogP contribution in [0.5, 0.6) is 0 Å². The Morgan fingerprint density at radius 2 is 1.95 bits per heavy atom. The van der Waals surface area contributed by atoms with E-state index in [1.165, 1.54) is 0 Å². The summed E-state index contributed by atoms with van der Waals surface area (Å²) in [5.74, 6) is 1.57. The minimum absolute atomic E-state index is 0.118. The molecular formula is C16H17N3O2. The van der Waals surface area contributed by atoms with E-state index >= 15 is 0 Å². The summed E-state index contributed by atoms with van der Waals surface area (Å²) in [4.78, 5) is 0. The molecule has 5 heteroatoms. The van der Waals surface area contributed by atoms with E-state index in [1.54, 1.807) is 6.26 Å². The lowest BCUT2D eigenvalue weighted by Gasteiger charge is -2.13. The molecule has 1 N–H and O–H groups in total. The second kappa shape index (κ2) is 5.93. The molecule has 0 aliphatic heterocycles. The molecule has 108 valence electrons. The molecule has 0 amide bonds. The van der Waals surface area contributed by atoms with Crippen molar-refractivity contribution in [1.29, 1.82) is 0 Å². The van der Waals surface area contributed by atoms with E-state index in [1.807, 2.05) is 50.2 Å². The summed E-state index contributed by atoms with van der Waals surface area (Å²) in [5.41, 5.74) is 2.07. The van der Waals surface area contributed by atoms with Crippen LogP contribution in [0.3, 0.4) is 0 Å². The van der Waals surface area contributed by atoms with E-state index in [2.05, 4.69) is 15.5 Å². The zero-order valence-electron chi connectivity index (χ0n) is 12.0. The highest BCUT2D eigenvalue weighted by Gasteiger charge is 2.21. The maximum atomic E-state index is 5.80. The number of furan rings is 1. The first-order valence-corrected chi connectivity index (χ1v) is 6.95. The van der Waals surface area contributed by atoms with Gasteiger partial charge in [0.15, 0.2) is 5.76 Å². The van der Waals surface area contributed by atoms with Crippen LogP contribution >= 0.6 is 0 Å². The highest BCUT2D eigenvalue weighted by atomic mass is 16.4. The van der Waals surface area contributed by atoms with Crippen LogP contribution in [-0.4, -0.2) is 16.7 Å². The van der Waals surface area contributed by atoms with Crippen molar-refractivity contribution in [3.05, 3.63) is 59.7 Å². The summed E-state index contributed by atoms with van der Waals surface area (Å²) in [6.45, 7) is 4.79. The van der Waals surface area contributed by atoms with Crippen molar-refractivity contribution in [3.8, 4) is 11.7 Å². The molecule has 0 fully saturated rings. The lowest BCUT2D eigenvalue weighted by atomic mass is 10.1. The quantitative estimate of drug-likeness (QED) is 0.778. The Morgan fingerprint density at radius 1 is 1.14 bits per heavy atom. The molecular weight excluding hydrogens is 266 g/mol. The topological polar surface area (TPSA) is 64.1 Å². The van der Waals surface area contributed by atoms with Gasteiger partial charge >= 0.3 is 0 Å². The van der Waals surface area contributed by atoms with Gasteiger partial charge in [-0.3, -0.25) is 0 Å². The second-order valence-corrected chi connectivity index (χ2v) is 4.78. The van der Waals surface area contributed by atoms with E-state index in [-0.39, 0.29) is 6.04 Å². The predicted octanol–water partition coefficient (Wildman–Crippen LogP) is 3.34. The maximum absolute atomic E-state index is 5.80. The highest BCUT2D eigenvalue weighted by molar-refractivity contribution is 5.49. The van der Waals surface area contributed by atoms with Gasteiger partial charge in [0.1, 0.15) is 6.04 Å². The highest BCUT2D eigenvalue weighted by Crippen LogP contribution is 2.27. The first kappa shape index (κ1) is 13.6. The van der Waals surface area contributed by atoms with E-state index in [0.717, 1.165) is 17.7 Å². The lowest BCUT2D eigenvalue weighted by Crippen LogP contribution is -2.22. The van der Waals surface area contributed by atoms with E-state index in [4.69, 9.17) is 8.83 Å². The summed E-state index contributed by atoms with van der Waals surface area (Å²) < 4.78 is 11.2. The monoisotopic (exact) mass is 283 g/mol. The number of rotatable bonds is 5. The Labute approximate surface area is 123 Å². The van der Waals surface area contributed by atoms with Crippen LogP contribution in [0.2, 0.25) is 0 Å². The molecule has 0 radical (unpaired) electrons. The molecule has 0 aliphatic rings. The van der Waals surface area contributed by atoms with Gasteiger partial charge in [0.05, 0.1) is 6.26 Å². The third kappa shape index (κ3) is 2.73. The first-order valence-electron chi connectivity index (χ1n) is 6.95. The predicted molar refractivity (Wildman–Crippen MR) is 78.7 cm³/mol. The number of hydrogen-bond acceptors (Lipinski definition) is 5. The van der Waals surface area contributed by atoms with Gasteiger partial charge in [-0.25, -0.2) is 0 Å². The smallest absolute Gasteiger partial charge is 0.283 e. The van der Waals surface area contributed by atoms with Crippen molar-refractivity contribution in [2.24, 2.45) is 0 Å². The SMILES string of the molecule is CCNC(c1ccccc1)c1nnc(-c2occc2C)o1. The molecule has 0 bridgehead atoms. The van der Waals surface area contributed by atoms with Crippen LogP contribution in [0.1, 0.15) is 30.0 Å². The normalized spacial score (nSPS) is 12.5. The van der Waals surface area contributed by atoms with Gasteiger partial charge in [0.25, 0.3) is 5.89 Å². The molecule has 2 heterocycles. The Hall–Kier alpha value is -2.40. The maximum Gasteiger partial charge on any atom is 0.283 e. The first-order chi connectivity index (χ1) is 10.3. The van der Waals surface area contributed by atoms with E-state index in [0.29, 0.717) is 17.5 Å². The molecule has 0 saturated carbocycles. The zero-order valence-corrected chi connectivity index (χ0v) is 12.0. The van der Waals surface area contributed by atoms with Crippen molar-refractivity contribution in [1.82, 2.24) is 15.5 Å². The number of benzene rings is 1. The Kier molecular flexibility index (Phi) is 3.83. The average molecular weight is 283 g/mol. The Balaban J connectivity index is 1.94. The number of aromatic nitrogens is 2. The van der Waals surface area contributed by atoms with Gasteiger partial charge in [0.2, 0.25) is 5.89 Å². The Morgan fingerprint density at radius 3 is 2.62 bits per heavy atom. The zero-order chi connectivity index (χ0) is 14.7. The minimum atomic E-state index is -0.118. The summed E-state index contributed by atoms with van der Waals surface area (Å²) in [6.07, 6.45) is 1.62. The molecule has 0 aliphatic carbocycles. The molecule has 1 atom stereocenters. The fourth-order valence-electron chi connectivity index (χ4n) is 2.23. The number of nitrogens with one attached hydrogen (secondary N) is 1. The van der Waals surface area contributed by atoms with E-state index in [9.17, 15) is 0 Å². The van der Waals surface area contributed by atoms with Crippen molar-refractivity contribution >= 4 is 0 Å². The molecule has 0 spiro atoms. The standard InChI is InChI=1S/C16H17N3O2/c1-3-17-13(12-7-5-4-6-8-12)15-18-19-16(21-15)14-11(2)9-10-20-14/h4-10,13,17H,3H2,1-2H3. The van der Waals surface area contributed by atoms with Crippen LogP contribution in [0.15, 0.2) is 51.5 Å². The fraction of sp³-hybridized carbons (Fsp3) is 0.250. The summed E-state index contributed by atoms with van der Waals surface area (Å²) in [5, 5.41) is 11.6. The molecule has 0 saturated heterocycles. The van der Waals surface area contributed by atoms with E-state index < -0.39 is 0 Å². The molecule has 3 aromatic rings. The molecule has 3 rings (SSSR count). The molecule has 1 unspecified atom stereocenters. The van der Waals surface area contributed by atoms with Crippen molar-refractivity contribution in [3.63, 3.8) is 0 Å². The molecule has 2 aromatic heterocycles. The molecule has 1 aromatic carbocycles. The third-order valence-electron chi connectivity index (χ3n) is 3.29. The van der Waals surface area contributed by atoms with Gasteiger partial charge < -0.3 is 14.2 Å². The van der Waals surface area contributed by atoms with Gasteiger partial charge in [-0.15, -0.1) is 10.2 Å². The van der Waals surface area contributed by atoms with Gasteiger partial charge in [-0.2, -0.15) is 0 Å². The number of aryl methyl sites for hydroxylation is 1.